The molecule has 4 nitrogen and oxygen atoms in total. The molecule has 1 fully saturated rings. The highest BCUT2D eigenvalue weighted by Crippen LogP contribution is 2.32. The third-order valence-corrected chi connectivity index (χ3v) is 3.13. The summed E-state index contributed by atoms with van der Waals surface area (Å²) < 4.78 is 16.3. The average molecular weight is 258 g/mol. The first kappa shape index (κ1) is 12.6. The number of halogens is 1. The van der Waals surface area contributed by atoms with Gasteiger partial charge in [-0.3, -0.25) is 4.98 Å². The molecule has 3 unspecified atom stereocenters. The van der Waals surface area contributed by atoms with Gasteiger partial charge in [0.25, 0.3) is 0 Å². The summed E-state index contributed by atoms with van der Waals surface area (Å²) in [5.74, 6) is 0.751. The highest BCUT2D eigenvalue weighted by atomic mass is 35.5. The van der Waals surface area contributed by atoms with Crippen LogP contribution in [-0.4, -0.2) is 42.9 Å². The maximum absolute atomic E-state index is 6.09. The van der Waals surface area contributed by atoms with Crippen LogP contribution in [0.2, 0.25) is 0 Å². The van der Waals surface area contributed by atoms with E-state index in [-0.39, 0.29) is 17.6 Å². The van der Waals surface area contributed by atoms with Crippen LogP contribution in [0.1, 0.15) is 6.42 Å². The summed E-state index contributed by atoms with van der Waals surface area (Å²) in [6.45, 7) is 1.11. The Morgan fingerprint density at radius 3 is 3.00 bits per heavy atom. The molecular formula is C12H16ClNO3. The van der Waals surface area contributed by atoms with Gasteiger partial charge in [0.2, 0.25) is 0 Å². The minimum atomic E-state index is -0.0629. The number of methoxy groups -OCH3 is 1. The number of aromatic nitrogens is 1. The molecule has 0 bridgehead atoms. The zero-order chi connectivity index (χ0) is 12.1. The number of alkyl halides is 1. The highest BCUT2D eigenvalue weighted by molar-refractivity contribution is 6.21. The normalized spacial score (nSPS) is 27.5. The standard InChI is InChI=1S/C12H16ClNO3/c1-15-5-6-16-12-10(13)7-11(12)17-9-3-2-4-14-8-9/h2-4,8,10-12H,5-7H2,1H3. The molecule has 1 aromatic heterocycles. The van der Waals surface area contributed by atoms with Crippen LogP contribution in [0, 0.1) is 0 Å². The lowest BCUT2D eigenvalue weighted by atomic mass is 9.91. The number of hydrogen-bond acceptors (Lipinski definition) is 4. The Hall–Kier alpha value is -0.840. The second-order valence-corrected chi connectivity index (χ2v) is 4.49. The van der Waals surface area contributed by atoms with Crippen molar-refractivity contribution in [1.29, 1.82) is 0 Å². The predicted molar refractivity (Wildman–Crippen MR) is 64.5 cm³/mol. The third-order valence-electron chi connectivity index (χ3n) is 2.70. The van der Waals surface area contributed by atoms with Gasteiger partial charge in [-0.25, -0.2) is 0 Å². The van der Waals surface area contributed by atoms with Crippen molar-refractivity contribution in [3.05, 3.63) is 24.5 Å². The second-order valence-electron chi connectivity index (χ2n) is 3.92. The van der Waals surface area contributed by atoms with E-state index in [2.05, 4.69) is 4.98 Å². The van der Waals surface area contributed by atoms with Crippen LogP contribution in [0.3, 0.4) is 0 Å². The fraction of sp³-hybridized carbons (Fsp3) is 0.583. The molecule has 0 spiro atoms. The van der Waals surface area contributed by atoms with E-state index in [0.717, 1.165) is 12.2 Å². The summed E-state index contributed by atoms with van der Waals surface area (Å²) in [5.41, 5.74) is 0. The van der Waals surface area contributed by atoms with Gasteiger partial charge in [0.05, 0.1) is 24.8 Å². The molecule has 0 aliphatic heterocycles. The summed E-state index contributed by atoms with van der Waals surface area (Å²) in [6, 6.07) is 3.72. The van der Waals surface area contributed by atoms with Crippen LogP contribution in [-0.2, 0) is 9.47 Å². The SMILES string of the molecule is COCCOC1C(Cl)CC1Oc1cccnc1. The molecule has 0 amide bonds. The Labute approximate surface area is 106 Å². The van der Waals surface area contributed by atoms with Crippen LogP contribution >= 0.6 is 11.6 Å². The molecule has 17 heavy (non-hydrogen) atoms. The maximum atomic E-state index is 6.09. The zero-order valence-corrected chi connectivity index (χ0v) is 10.5. The summed E-state index contributed by atoms with van der Waals surface area (Å²) >= 11 is 6.09. The van der Waals surface area contributed by atoms with Crippen molar-refractivity contribution in [2.75, 3.05) is 20.3 Å². The Balaban J connectivity index is 1.81. The lowest BCUT2D eigenvalue weighted by Gasteiger charge is -2.40. The van der Waals surface area contributed by atoms with Crippen molar-refractivity contribution < 1.29 is 14.2 Å². The Bertz CT molecular complexity index is 336. The number of nitrogens with zero attached hydrogens (tertiary/aromatic N) is 1. The molecule has 0 aromatic carbocycles. The van der Waals surface area contributed by atoms with Gasteiger partial charge >= 0.3 is 0 Å². The van der Waals surface area contributed by atoms with E-state index in [4.69, 9.17) is 25.8 Å². The largest absolute Gasteiger partial charge is 0.486 e. The van der Waals surface area contributed by atoms with Crippen LogP contribution in [0.15, 0.2) is 24.5 Å². The summed E-state index contributed by atoms with van der Waals surface area (Å²) in [4.78, 5) is 4.00. The quantitative estimate of drug-likeness (QED) is 0.576. The molecule has 1 saturated carbocycles. The minimum Gasteiger partial charge on any atom is -0.486 e. The van der Waals surface area contributed by atoms with E-state index in [9.17, 15) is 0 Å². The van der Waals surface area contributed by atoms with Crippen LogP contribution in [0.25, 0.3) is 0 Å². The van der Waals surface area contributed by atoms with Gasteiger partial charge in [-0.2, -0.15) is 0 Å². The second kappa shape index (κ2) is 6.19. The molecule has 0 radical (unpaired) electrons. The van der Waals surface area contributed by atoms with E-state index >= 15 is 0 Å². The average Bonchev–Trinajstić information content (AvgIpc) is 2.35. The van der Waals surface area contributed by atoms with Gasteiger partial charge in [-0.05, 0) is 12.1 Å². The van der Waals surface area contributed by atoms with Crippen LogP contribution in [0.5, 0.6) is 5.75 Å². The molecule has 1 aliphatic carbocycles. The number of ether oxygens (including phenoxy) is 3. The topological polar surface area (TPSA) is 40.6 Å². The molecule has 2 rings (SSSR count). The molecular weight excluding hydrogens is 242 g/mol. The smallest absolute Gasteiger partial charge is 0.138 e. The van der Waals surface area contributed by atoms with E-state index in [1.165, 1.54) is 0 Å². The molecule has 94 valence electrons. The Kier molecular flexibility index (Phi) is 4.59. The highest BCUT2D eigenvalue weighted by Gasteiger charge is 2.42. The number of pyridine rings is 1. The maximum Gasteiger partial charge on any atom is 0.138 e. The molecule has 1 aromatic rings. The number of hydrogen-bond donors (Lipinski definition) is 0. The lowest BCUT2D eigenvalue weighted by molar-refractivity contribution is -0.0899. The predicted octanol–water partition coefficient (Wildman–Crippen LogP) is 1.87. The first-order valence-electron chi connectivity index (χ1n) is 5.62. The van der Waals surface area contributed by atoms with Gasteiger partial charge in [0.1, 0.15) is 18.0 Å². The zero-order valence-electron chi connectivity index (χ0n) is 9.71. The van der Waals surface area contributed by atoms with Crippen molar-refractivity contribution in [2.45, 2.75) is 24.0 Å². The monoisotopic (exact) mass is 257 g/mol. The van der Waals surface area contributed by atoms with E-state index in [1.54, 1.807) is 19.5 Å². The van der Waals surface area contributed by atoms with Gasteiger partial charge in [-0.1, -0.05) is 0 Å². The van der Waals surface area contributed by atoms with E-state index in [1.807, 2.05) is 12.1 Å². The van der Waals surface area contributed by atoms with Crippen molar-refractivity contribution in [2.24, 2.45) is 0 Å². The number of rotatable bonds is 6. The van der Waals surface area contributed by atoms with E-state index in [0.29, 0.717) is 13.2 Å². The molecule has 0 N–H and O–H groups in total. The third kappa shape index (κ3) is 3.31. The van der Waals surface area contributed by atoms with Crippen molar-refractivity contribution in [1.82, 2.24) is 4.98 Å². The first-order valence-corrected chi connectivity index (χ1v) is 6.06. The fourth-order valence-electron chi connectivity index (χ4n) is 1.71. The summed E-state index contributed by atoms with van der Waals surface area (Å²) in [7, 11) is 1.64. The van der Waals surface area contributed by atoms with Crippen LogP contribution in [0.4, 0.5) is 0 Å². The minimum absolute atomic E-state index is 0.0126. The first-order chi connectivity index (χ1) is 8.31. The van der Waals surface area contributed by atoms with Gasteiger partial charge in [0, 0.05) is 19.7 Å². The van der Waals surface area contributed by atoms with Crippen LogP contribution < -0.4 is 4.74 Å². The summed E-state index contributed by atoms with van der Waals surface area (Å²) in [5, 5.41) is 0.0218. The summed E-state index contributed by atoms with van der Waals surface area (Å²) in [6.07, 6.45) is 4.15. The lowest BCUT2D eigenvalue weighted by Crippen LogP contribution is -2.53. The molecule has 3 atom stereocenters. The fourth-order valence-corrected chi connectivity index (χ4v) is 2.12. The molecule has 1 aliphatic rings. The van der Waals surface area contributed by atoms with Gasteiger partial charge in [0.15, 0.2) is 0 Å². The molecule has 0 saturated heterocycles. The molecule has 5 heteroatoms. The Morgan fingerprint density at radius 2 is 2.35 bits per heavy atom. The van der Waals surface area contributed by atoms with Crippen molar-refractivity contribution in [3.8, 4) is 5.75 Å². The van der Waals surface area contributed by atoms with Gasteiger partial charge < -0.3 is 14.2 Å². The van der Waals surface area contributed by atoms with Crippen molar-refractivity contribution >= 4 is 11.6 Å². The van der Waals surface area contributed by atoms with E-state index < -0.39 is 0 Å². The molecule has 1 heterocycles. The van der Waals surface area contributed by atoms with Gasteiger partial charge in [-0.15, -0.1) is 11.6 Å². The van der Waals surface area contributed by atoms with Crippen molar-refractivity contribution in [3.63, 3.8) is 0 Å². The Morgan fingerprint density at radius 1 is 1.47 bits per heavy atom.